The first kappa shape index (κ1) is 19.2. The molecule has 0 aromatic carbocycles. The normalized spacial score (nSPS) is 16.5. The standard InChI is InChI=1S/C16H21N5O5S/c1-27(25,26)20-8-4-11(5-9-20)14(22)18-7-10-21-15(23)12-3-2-6-17-13(12)19-16(21)24/h2-3,6,11H,4-5,7-10H2,1H3,(H,18,22)(H,17,19,24). The van der Waals surface area contributed by atoms with Crippen LogP contribution in [0, 0.1) is 5.92 Å². The summed E-state index contributed by atoms with van der Waals surface area (Å²) in [6.45, 7) is 0.786. The maximum Gasteiger partial charge on any atom is 0.330 e. The van der Waals surface area contributed by atoms with Crippen molar-refractivity contribution >= 4 is 27.0 Å². The summed E-state index contributed by atoms with van der Waals surface area (Å²) >= 11 is 0. The molecule has 1 saturated heterocycles. The van der Waals surface area contributed by atoms with Crippen LogP contribution in [-0.2, 0) is 21.4 Å². The summed E-state index contributed by atoms with van der Waals surface area (Å²) in [5, 5.41) is 3.02. The molecule has 27 heavy (non-hydrogen) atoms. The highest BCUT2D eigenvalue weighted by atomic mass is 32.2. The second-order valence-electron chi connectivity index (χ2n) is 6.51. The van der Waals surface area contributed by atoms with E-state index in [0.29, 0.717) is 31.3 Å². The Bertz CT molecular complexity index is 1070. The molecule has 1 fully saturated rings. The molecule has 10 nitrogen and oxygen atoms in total. The van der Waals surface area contributed by atoms with E-state index in [4.69, 9.17) is 0 Å². The number of hydrogen-bond acceptors (Lipinski definition) is 6. The Morgan fingerprint density at radius 1 is 1.33 bits per heavy atom. The van der Waals surface area contributed by atoms with Crippen molar-refractivity contribution in [3.05, 3.63) is 39.2 Å². The van der Waals surface area contributed by atoms with Gasteiger partial charge in [0.15, 0.2) is 0 Å². The molecule has 11 heteroatoms. The van der Waals surface area contributed by atoms with E-state index in [1.807, 2.05) is 0 Å². The number of rotatable bonds is 5. The lowest BCUT2D eigenvalue weighted by Gasteiger charge is -2.29. The molecule has 1 amide bonds. The molecular formula is C16H21N5O5S. The summed E-state index contributed by atoms with van der Waals surface area (Å²) in [6.07, 6.45) is 3.53. The molecule has 1 aliphatic rings. The first-order chi connectivity index (χ1) is 12.8. The number of hydrogen-bond donors (Lipinski definition) is 2. The van der Waals surface area contributed by atoms with Crippen molar-refractivity contribution in [2.45, 2.75) is 19.4 Å². The van der Waals surface area contributed by atoms with E-state index < -0.39 is 21.3 Å². The third kappa shape index (κ3) is 4.25. The van der Waals surface area contributed by atoms with Gasteiger partial charge in [-0.05, 0) is 25.0 Å². The van der Waals surface area contributed by atoms with Crippen LogP contribution in [-0.4, -0.2) is 59.1 Å². The molecule has 2 N–H and O–H groups in total. The van der Waals surface area contributed by atoms with E-state index in [0.717, 1.165) is 10.8 Å². The molecule has 1 aliphatic heterocycles. The van der Waals surface area contributed by atoms with Crippen LogP contribution >= 0.6 is 0 Å². The van der Waals surface area contributed by atoms with Gasteiger partial charge in [-0.25, -0.2) is 22.5 Å². The minimum atomic E-state index is -3.24. The predicted molar refractivity (Wildman–Crippen MR) is 98.8 cm³/mol. The van der Waals surface area contributed by atoms with Crippen LogP contribution in [0.5, 0.6) is 0 Å². The Hall–Kier alpha value is -2.53. The van der Waals surface area contributed by atoms with Crippen molar-refractivity contribution < 1.29 is 13.2 Å². The van der Waals surface area contributed by atoms with Crippen LogP contribution in [0.25, 0.3) is 11.0 Å². The van der Waals surface area contributed by atoms with Gasteiger partial charge in [0.25, 0.3) is 5.56 Å². The van der Waals surface area contributed by atoms with Crippen LogP contribution in [0.15, 0.2) is 27.9 Å². The number of sulfonamides is 1. The highest BCUT2D eigenvalue weighted by Gasteiger charge is 2.28. The average molecular weight is 395 g/mol. The summed E-state index contributed by atoms with van der Waals surface area (Å²) in [5.41, 5.74) is -0.815. The fourth-order valence-corrected chi connectivity index (χ4v) is 4.05. The molecule has 0 spiro atoms. The first-order valence-electron chi connectivity index (χ1n) is 8.58. The number of aromatic nitrogens is 3. The van der Waals surface area contributed by atoms with Crippen molar-refractivity contribution in [3.8, 4) is 0 Å². The van der Waals surface area contributed by atoms with Gasteiger partial charge in [-0.2, -0.15) is 0 Å². The minimum absolute atomic E-state index is 0.0346. The zero-order valence-corrected chi connectivity index (χ0v) is 15.7. The maximum absolute atomic E-state index is 12.4. The summed E-state index contributed by atoms with van der Waals surface area (Å²) in [6, 6.07) is 3.18. The number of H-pyrrole nitrogens is 1. The monoisotopic (exact) mass is 395 g/mol. The molecule has 0 saturated carbocycles. The minimum Gasteiger partial charge on any atom is -0.354 e. The second-order valence-corrected chi connectivity index (χ2v) is 8.50. The lowest BCUT2D eigenvalue weighted by Crippen LogP contribution is -2.44. The van der Waals surface area contributed by atoms with E-state index in [9.17, 15) is 22.8 Å². The lowest BCUT2D eigenvalue weighted by molar-refractivity contribution is -0.126. The van der Waals surface area contributed by atoms with Gasteiger partial charge in [0, 0.05) is 38.3 Å². The predicted octanol–water partition coefficient (Wildman–Crippen LogP) is -1.13. The number of piperidine rings is 1. The summed E-state index contributed by atoms with van der Waals surface area (Å²) < 4.78 is 25.4. The molecule has 0 aliphatic carbocycles. The van der Waals surface area contributed by atoms with Crippen molar-refractivity contribution in [1.29, 1.82) is 0 Å². The number of carbonyl (C=O) groups is 1. The van der Waals surface area contributed by atoms with Crippen LogP contribution in [0.4, 0.5) is 0 Å². The number of amides is 1. The number of aromatic amines is 1. The van der Waals surface area contributed by atoms with Gasteiger partial charge in [-0.3, -0.25) is 19.1 Å². The molecule has 0 bridgehead atoms. The second kappa shape index (κ2) is 7.61. The molecular weight excluding hydrogens is 374 g/mol. The van der Waals surface area contributed by atoms with Gasteiger partial charge in [0.1, 0.15) is 5.65 Å². The van der Waals surface area contributed by atoms with Crippen molar-refractivity contribution in [3.63, 3.8) is 0 Å². The SMILES string of the molecule is CS(=O)(=O)N1CCC(C(=O)NCCn2c(=O)[nH]c3ncccc3c2=O)CC1. The quantitative estimate of drug-likeness (QED) is 0.658. The van der Waals surface area contributed by atoms with E-state index >= 15 is 0 Å². The smallest absolute Gasteiger partial charge is 0.330 e. The molecule has 0 unspecified atom stereocenters. The van der Waals surface area contributed by atoms with Crippen molar-refractivity contribution in [2.24, 2.45) is 5.92 Å². The zero-order chi connectivity index (χ0) is 19.6. The molecule has 3 heterocycles. The molecule has 2 aromatic heterocycles. The highest BCUT2D eigenvalue weighted by Crippen LogP contribution is 2.19. The zero-order valence-electron chi connectivity index (χ0n) is 14.8. The number of carbonyl (C=O) groups excluding carboxylic acids is 1. The van der Waals surface area contributed by atoms with E-state index in [1.54, 1.807) is 12.1 Å². The van der Waals surface area contributed by atoms with Gasteiger partial charge >= 0.3 is 5.69 Å². The topological polar surface area (TPSA) is 134 Å². The van der Waals surface area contributed by atoms with E-state index in [-0.39, 0.29) is 30.6 Å². The van der Waals surface area contributed by atoms with E-state index in [1.165, 1.54) is 10.5 Å². The highest BCUT2D eigenvalue weighted by molar-refractivity contribution is 7.88. The third-order valence-corrected chi connectivity index (χ3v) is 5.99. The summed E-state index contributed by atoms with van der Waals surface area (Å²) in [5.74, 6) is -0.478. The van der Waals surface area contributed by atoms with Gasteiger partial charge in [0.05, 0.1) is 11.6 Å². The first-order valence-corrected chi connectivity index (χ1v) is 10.4. The summed E-state index contributed by atoms with van der Waals surface area (Å²) in [7, 11) is -3.24. The molecule has 0 radical (unpaired) electrons. The Morgan fingerprint density at radius 3 is 2.70 bits per heavy atom. The largest absolute Gasteiger partial charge is 0.354 e. The van der Waals surface area contributed by atoms with Crippen molar-refractivity contribution in [2.75, 3.05) is 25.9 Å². The number of fused-ring (bicyclic) bond motifs is 1. The maximum atomic E-state index is 12.4. The third-order valence-electron chi connectivity index (χ3n) is 4.68. The number of pyridine rings is 1. The molecule has 2 aromatic rings. The fourth-order valence-electron chi connectivity index (χ4n) is 3.17. The van der Waals surface area contributed by atoms with Crippen LogP contribution in [0.3, 0.4) is 0 Å². The number of nitrogens with zero attached hydrogens (tertiary/aromatic N) is 3. The average Bonchev–Trinajstić information content (AvgIpc) is 2.63. The molecule has 146 valence electrons. The van der Waals surface area contributed by atoms with Crippen molar-refractivity contribution in [1.82, 2.24) is 24.2 Å². The molecule has 3 rings (SSSR count). The van der Waals surface area contributed by atoms with E-state index in [2.05, 4.69) is 15.3 Å². The lowest BCUT2D eigenvalue weighted by atomic mass is 9.97. The van der Waals surface area contributed by atoms with Gasteiger partial charge in [-0.1, -0.05) is 0 Å². The Balaban J connectivity index is 1.59. The van der Waals surface area contributed by atoms with Crippen LogP contribution in [0.2, 0.25) is 0 Å². The number of nitrogens with one attached hydrogen (secondary N) is 2. The van der Waals surface area contributed by atoms with Gasteiger partial charge < -0.3 is 5.32 Å². The van der Waals surface area contributed by atoms with Crippen LogP contribution in [0.1, 0.15) is 12.8 Å². The van der Waals surface area contributed by atoms with Crippen LogP contribution < -0.4 is 16.6 Å². The van der Waals surface area contributed by atoms with Gasteiger partial charge in [-0.15, -0.1) is 0 Å². The molecule has 0 atom stereocenters. The Morgan fingerprint density at radius 2 is 2.04 bits per heavy atom. The Labute approximate surface area is 155 Å². The summed E-state index contributed by atoms with van der Waals surface area (Å²) in [4.78, 5) is 43.2. The Kier molecular flexibility index (Phi) is 5.42. The fraction of sp³-hybridized carbons (Fsp3) is 0.500. The van der Waals surface area contributed by atoms with Gasteiger partial charge in [0.2, 0.25) is 15.9 Å².